The molecule has 0 aliphatic rings. The Kier molecular flexibility index (Phi) is 4.79. The number of benzene rings is 2. The zero-order valence-electron chi connectivity index (χ0n) is 13.6. The summed E-state index contributed by atoms with van der Waals surface area (Å²) < 4.78 is 39.8. The second-order valence-corrected chi connectivity index (χ2v) is 5.78. The lowest BCUT2D eigenvalue weighted by Crippen LogP contribution is -2.27. The fourth-order valence-electron chi connectivity index (χ4n) is 2.72. The van der Waals surface area contributed by atoms with Crippen LogP contribution in [-0.4, -0.2) is 22.4 Å². The Morgan fingerprint density at radius 2 is 1.62 bits per heavy atom. The lowest BCUT2D eigenvalue weighted by Gasteiger charge is -2.07. The van der Waals surface area contributed by atoms with Crippen LogP contribution in [0.25, 0.3) is 10.9 Å². The Bertz CT molecular complexity index is 946. The zero-order chi connectivity index (χ0) is 18.7. The van der Waals surface area contributed by atoms with Gasteiger partial charge in [-0.2, -0.15) is 13.2 Å². The highest BCUT2D eigenvalue weighted by Crippen LogP contribution is 2.28. The molecule has 0 saturated heterocycles. The van der Waals surface area contributed by atoms with Gasteiger partial charge >= 0.3 is 6.18 Å². The number of alkyl halides is 3. The van der Waals surface area contributed by atoms with Crippen molar-refractivity contribution < 1.29 is 22.8 Å². The number of ketones is 1. The Morgan fingerprint density at radius 1 is 0.962 bits per heavy atom. The molecule has 26 heavy (non-hydrogen) atoms. The van der Waals surface area contributed by atoms with E-state index in [-0.39, 0.29) is 17.8 Å². The molecule has 3 rings (SSSR count). The van der Waals surface area contributed by atoms with Crippen LogP contribution in [0.4, 0.5) is 13.2 Å². The van der Waals surface area contributed by atoms with E-state index >= 15 is 0 Å². The molecule has 0 atom stereocenters. The summed E-state index contributed by atoms with van der Waals surface area (Å²) in [6.07, 6.45) is -3.88. The van der Waals surface area contributed by atoms with E-state index in [1.165, 1.54) is 10.6 Å². The normalized spacial score (nSPS) is 11.5. The lowest BCUT2D eigenvalue weighted by molar-refractivity contribution is -0.121. The smallest absolute Gasteiger partial charge is 0.350 e. The van der Waals surface area contributed by atoms with Gasteiger partial charge in [0.05, 0.1) is 5.56 Å². The number of amides is 1. The molecule has 7 heteroatoms. The van der Waals surface area contributed by atoms with E-state index in [2.05, 4.69) is 5.32 Å². The van der Waals surface area contributed by atoms with Crippen molar-refractivity contribution in [1.82, 2.24) is 9.88 Å². The summed E-state index contributed by atoms with van der Waals surface area (Å²) in [7, 11) is 0. The van der Waals surface area contributed by atoms with Crippen LogP contribution in [0.5, 0.6) is 0 Å². The van der Waals surface area contributed by atoms with E-state index in [9.17, 15) is 22.8 Å². The average molecular weight is 360 g/mol. The molecule has 0 aliphatic heterocycles. The maximum Gasteiger partial charge on any atom is 0.454 e. The lowest BCUT2D eigenvalue weighted by atomic mass is 10.1. The fourth-order valence-corrected chi connectivity index (χ4v) is 2.72. The van der Waals surface area contributed by atoms with Gasteiger partial charge in [0.1, 0.15) is 6.54 Å². The number of carbonyl (C=O) groups is 2. The largest absolute Gasteiger partial charge is 0.454 e. The summed E-state index contributed by atoms with van der Waals surface area (Å²) in [5.74, 6) is -2.28. The van der Waals surface area contributed by atoms with Crippen LogP contribution < -0.4 is 5.32 Å². The molecule has 0 saturated carbocycles. The molecule has 3 aromatic rings. The number of hydrogen-bond acceptors (Lipinski definition) is 2. The van der Waals surface area contributed by atoms with Crippen LogP contribution in [0.1, 0.15) is 15.9 Å². The number of rotatable bonds is 5. The molecule has 0 aliphatic carbocycles. The van der Waals surface area contributed by atoms with Gasteiger partial charge in [-0.15, -0.1) is 0 Å². The van der Waals surface area contributed by atoms with Crippen molar-refractivity contribution in [2.45, 2.75) is 19.3 Å². The second-order valence-electron chi connectivity index (χ2n) is 5.78. The maximum atomic E-state index is 12.8. The zero-order valence-corrected chi connectivity index (χ0v) is 13.6. The molecule has 1 amide bonds. The molecule has 2 aromatic carbocycles. The van der Waals surface area contributed by atoms with Crippen LogP contribution in [0.15, 0.2) is 60.8 Å². The predicted molar refractivity (Wildman–Crippen MR) is 90.6 cm³/mol. The Balaban J connectivity index is 1.82. The molecular weight excluding hydrogens is 345 g/mol. The van der Waals surface area contributed by atoms with Crippen LogP contribution in [0.2, 0.25) is 0 Å². The van der Waals surface area contributed by atoms with Gasteiger partial charge < -0.3 is 9.88 Å². The summed E-state index contributed by atoms with van der Waals surface area (Å²) >= 11 is 0. The van der Waals surface area contributed by atoms with Gasteiger partial charge in [-0.25, -0.2) is 0 Å². The second kappa shape index (κ2) is 7.03. The molecule has 0 bridgehead atoms. The van der Waals surface area contributed by atoms with Gasteiger partial charge in [-0.05, 0) is 11.6 Å². The molecule has 0 radical (unpaired) electrons. The highest BCUT2D eigenvalue weighted by atomic mass is 19.4. The van der Waals surface area contributed by atoms with Crippen LogP contribution in [-0.2, 0) is 17.9 Å². The highest BCUT2D eigenvalue weighted by Gasteiger charge is 2.40. The summed E-state index contributed by atoms with van der Waals surface area (Å²) in [6, 6.07) is 15.5. The highest BCUT2D eigenvalue weighted by molar-refractivity contribution is 6.10. The number of para-hydroxylation sites is 1. The number of nitrogens with zero attached hydrogens (tertiary/aromatic N) is 1. The molecule has 134 valence electrons. The molecular formula is C19H15F3N2O2. The van der Waals surface area contributed by atoms with E-state index in [1.54, 1.807) is 18.2 Å². The van der Waals surface area contributed by atoms with E-state index < -0.39 is 17.5 Å². The van der Waals surface area contributed by atoms with Crippen molar-refractivity contribution in [1.29, 1.82) is 0 Å². The van der Waals surface area contributed by atoms with Crippen LogP contribution >= 0.6 is 0 Å². The minimum Gasteiger partial charge on any atom is -0.350 e. The first-order valence-electron chi connectivity index (χ1n) is 7.86. The first kappa shape index (κ1) is 17.7. The van der Waals surface area contributed by atoms with Crippen LogP contribution in [0.3, 0.4) is 0 Å². The third-order valence-electron chi connectivity index (χ3n) is 3.94. The first-order chi connectivity index (χ1) is 12.4. The molecule has 0 fully saturated rings. The van der Waals surface area contributed by atoms with Gasteiger partial charge in [-0.1, -0.05) is 48.5 Å². The molecule has 1 N–H and O–H groups in total. The number of fused-ring (bicyclic) bond motifs is 1. The van der Waals surface area contributed by atoms with E-state index in [0.29, 0.717) is 12.1 Å². The van der Waals surface area contributed by atoms with Crippen molar-refractivity contribution in [3.63, 3.8) is 0 Å². The Morgan fingerprint density at radius 3 is 2.31 bits per heavy atom. The predicted octanol–water partition coefficient (Wildman–Crippen LogP) is 3.70. The molecule has 0 unspecified atom stereocenters. The summed E-state index contributed by atoms with van der Waals surface area (Å²) in [5.41, 5.74) is 0.852. The minimum atomic E-state index is -4.97. The minimum absolute atomic E-state index is 0.172. The van der Waals surface area contributed by atoms with Gasteiger partial charge in [-0.3, -0.25) is 9.59 Å². The average Bonchev–Trinajstić information content (AvgIpc) is 2.98. The van der Waals surface area contributed by atoms with Crippen molar-refractivity contribution in [2.75, 3.05) is 0 Å². The molecule has 0 spiro atoms. The third-order valence-corrected chi connectivity index (χ3v) is 3.94. The maximum absolute atomic E-state index is 12.8. The van der Waals surface area contributed by atoms with Crippen molar-refractivity contribution in [3.05, 3.63) is 71.9 Å². The van der Waals surface area contributed by atoms with Gasteiger partial charge in [0.15, 0.2) is 0 Å². The van der Waals surface area contributed by atoms with Gasteiger partial charge in [0.25, 0.3) is 5.78 Å². The Labute approximate surface area is 147 Å². The van der Waals surface area contributed by atoms with Crippen molar-refractivity contribution >= 4 is 22.6 Å². The number of halogens is 3. The van der Waals surface area contributed by atoms with Crippen molar-refractivity contribution in [3.8, 4) is 0 Å². The third kappa shape index (κ3) is 3.77. The molecule has 1 heterocycles. The van der Waals surface area contributed by atoms with Gasteiger partial charge in [0, 0.05) is 23.6 Å². The quantitative estimate of drug-likeness (QED) is 0.706. The van der Waals surface area contributed by atoms with E-state index in [4.69, 9.17) is 0 Å². The standard InChI is InChI=1S/C19H15F3N2O2/c20-19(21,22)18(26)15-11-24(16-9-5-4-8-14(15)16)12-17(25)23-10-13-6-2-1-3-7-13/h1-9,11H,10,12H2,(H,23,25). The summed E-state index contributed by atoms with van der Waals surface area (Å²) in [4.78, 5) is 23.8. The van der Waals surface area contributed by atoms with Crippen molar-refractivity contribution in [2.24, 2.45) is 0 Å². The summed E-state index contributed by atoms with van der Waals surface area (Å²) in [6.45, 7) is 0.131. The topological polar surface area (TPSA) is 51.1 Å². The summed E-state index contributed by atoms with van der Waals surface area (Å²) in [5, 5.41) is 2.89. The number of Topliss-reactive ketones (excluding diaryl/α,β-unsaturated/α-hetero) is 1. The number of carbonyl (C=O) groups excluding carboxylic acids is 2. The van der Waals surface area contributed by atoms with E-state index in [1.807, 2.05) is 30.3 Å². The molecule has 1 aromatic heterocycles. The van der Waals surface area contributed by atoms with Crippen LogP contribution in [0, 0.1) is 0 Å². The monoisotopic (exact) mass is 360 g/mol. The SMILES string of the molecule is O=C(Cn1cc(C(=O)C(F)(F)F)c2ccccc21)NCc1ccccc1. The number of aromatic nitrogens is 1. The van der Waals surface area contributed by atoms with E-state index in [0.717, 1.165) is 11.8 Å². The van der Waals surface area contributed by atoms with Gasteiger partial charge in [0.2, 0.25) is 5.91 Å². The molecule has 4 nitrogen and oxygen atoms in total. The fraction of sp³-hybridized carbons (Fsp3) is 0.158. The Hall–Kier alpha value is -3.09. The first-order valence-corrected chi connectivity index (χ1v) is 7.86. The number of nitrogens with one attached hydrogen (secondary N) is 1. The number of hydrogen-bond donors (Lipinski definition) is 1.